The van der Waals surface area contributed by atoms with Gasteiger partial charge in [-0.3, -0.25) is 0 Å². The summed E-state index contributed by atoms with van der Waals surface area (Å²) < 4.78 is 4.62. The predicted molar refractivity (Wildman–Crippen MR) is 51.3 cm³/mol. The minimum Gasteiger partial charge on any atom is -0.343 e. The van der Waals surface area contributed by atoms with E-state index in [0.29, 0.717) is 12.4 Å². The summed E-state index contributed by atoms with van der Waals surface area (Å²) in [6.07, 6.45) is 1.33. The second kappa shape index (κ2) is 4.53. The van der Waals surface area contributed by atoms with Gasteiger partial charge in [0.25, 0.3) is 0 Å². The molecule has 0 fully saturated rings. The van der Waals surface area contributed by atoms with Crippen molar-refractivity contribution in [1.29, 1.82) is 0 Å². The zero-order chi connectivity index (χ0) is 9.64. The van der Waals surface area contributed by atoms with Gasteiger partial charge < -0.3 is 9.84 Å². The van der Waals surface area contributed by atoms with Crippen molar-refractivity contribution < 1.29 is 4.52 Å². The van der Waals surface area contributed by atoms with Crippen LogP contribution < -0.4 is 5.32 Å². The van der Waals surface area contributed by atoms with Crippen molar-refractivity contribution in [3.05, 3.63) is 48.1 Å². The lowest BCUT2D eigenvalue weighted by molar-refractivity contribution is 0.407. The molecule has 0 radical (unpaired) electrons. The maximum Gasteiger partial charge on any atom is 0.213 e. The van der Waals surface area contributed by atoms with Crippen LogP contribution in [0.5, 0.6) is 0 Å². The Labute approximate surface area is 82.0 Å². The number of nitrogens with one attached hydrogen (secondary N) is 1. The van der Waals surface area contributed by atoms with E-state index in [1.165, 1.54) is 12.0 Å². The van der Waals surface area contributed by atoms with Crippen LogP contribution in [0.4, 0.5) is 0 Å². The number of nitrogens with zero attached hydrogens (tertiary/aromatic N) is 2. The Morgan fingerprint density at radius 1 is 1.14 bits per heavy atom. The first-order chi connectivity index (χ1) is 6.95. The van der Waals surface area contributed by atoms with E-state index in [1.54, 1.807) is 0 Å². The Bertz CT molecular complexity index is 358. The molecule has 0 saturated heterocycles. The van der Waals surface area contributed by atoms with E-state index in [1.807, 2.05) is 18.2 Å². The normalized spacial score (nSPS) is 10.3. The fourth-order valence-corrected chi connectivity index (χ4v) is 1.18. The van der Waals surface area contributed by atoms with Crippen LogP contribution in [-0.4, -0.2) is 10.1 Å². The fourth-order valence-electron chi connectivity index (χ4n) is 1.18. The molecule has 4 heteroatoms. The molecule has 0 aliphatic heterocycles. The summed E-state index contributed by atoms with van der Waals surface area (Å²) in [5, 5.41) is 6.92. The van der Waals surface area contributed by atoms with Crippen molar-refractivity contribution in [2.45, 2.75) is 13.1 Å². The largest absolute Gasteiger partial charge is 0.343 e. The zero-order valence-electron chi connectivity index (χ0n) is 7.68. The molecule has 1 heterocycles. The van der Waals surface area contributed by atoms with Crippen molar-refractivity contribution in [1.82, 2.24) is 15.5 Å². The maximum atomic E-state index is 4.62. The highest BCUT2D eigenvalue weighted by Gasteiger charge is 1.96. The second-order valence-electron chi connectivity index (χ2n) is 2.94. The molecule has 2 rings (SSSR count). The van der Waals surface area contributed by atoms with Crippen molar-refractivity contribution in [3.8, 4) is 0 Å². The first-order valence-corrected chi connectivity index (χ1v) is 4.45. The number of aromatic nitrogens is 2. The molecule has 0 saturated carbocycles. The average molecular weight is 189 g/mol. The van der Waals surface area contributed by atoms with Crippen molar-refractivity contribution in [2.75, 3.05) is 0 Å². The molecule has 1 aromatic heterocycles. The monoisotopic (exact) mass is 189 g/mol. The van der Waals surface area contributed by atoms with Crippen LogP contribution in [-0.2, 0) is 13.1 Å². The van der Waals surface area contributed by atoms with E-state index in [9.17, 15) is 0 Å². The lowest BCUT2D eigenvalue weighted by atomic mass is 10.2. The van der Waals surface area contributed by atoms with E-state index < -0.39 is 0 Å². The highest BCUT2D eigenvalue weighted by Crippen LogP contribution is 1.97. The molecular weight excluding hydrogens is 178 g/mol. The van der Waals surface area contributed by atoms with Gasteiger partial charge in [0.15, 0.2) is 5.82 Å². The van der Waals surface area contributed by atoms with Crippen molar-refractivity contribution >= 4 is 0 Å². The van der Waals surface area contributed by atoms with E-state index in [-0.39, 0.29) is 0 Å². The van der Waals surface area contributed by atoms with Crippen molar-refractivity contribution in [2.24, 2.45) is 0 Å². The smallest absolute Gasteiger partial charge is 0.213 e. The Morgan fingerprint density at radius 2 is 2.00 bits per heavy atom. The minimum absolute atomic E-state index is 0.630. The topological polar surface area (TPSA) is 51.0 Å². The molecule has 0 amide bonds. The van der Waals surface area contributed by atoms with Gasteiger partial charge in [0, 0.05) is 6.54 Å². The SMILES string of the molecule is c1ccc(CNCc2ncon2)cc1. The van der Waals surface area contributed by atoms with Gasteiger partial charge in [-0.25, -0.2) is 0 Å². The zero-order valence-corrected chi connectivity index (χ0v) is 7.68. The Kier molecular flexibility index (Phi) is 2.88. The number of benzene rings is 1. The Balaban J connectivity index is 1.79. The summed E-state index contributed by atoms with van der Waals surface area (Å²) in [4.78, 5) is 3.91. The van der Waals surface area contributed by atoms with Gasteiger partial charge in [-0.2, -0.15) is 4.98 Å². The van der Waals surface area contributed by atoms with Crippen LogP contribution in [0.15, 0.2) is 41.2 Å². The number of hydrogen-bond donors (Lipinski definition) is 1. The minimum atomic E-state index is 0.630. The molecule has 72 valence electrons. The van der Waals surface area contributed by atoms with Gasteiger partial charge in [-0.15, -0.1) is 0 Å². The molecule has 0 aliphatic rings. The van der Waals surface area contributed by atoms with E-state index in [2.05, 4.69) is 32.1 Å². The molecule has 0 unspecified atom stereocenters. The van der Waals surface area contributed by atoms with Crippen LogP contribution >= 0.6 is 0 Å². The van der Waals surface area contributed by atoms with Crippen LogP contribution in [0.3, 0.4) is 0 Å². The molecule has 1 N–H and O–H groups in total. The summed E-state index contributed by atoms with van der Waals surface area (Å²) in [5.74, 6) is 0.681. The van der Waals surface area contributed by atoms with Gasteiger partial charge in [0.05, 0.1) is 6.54 Å². The van der Waals surface area contributed by atoms with Crippen LogP contribution in [0.25, 0.3) is 0 Å². The first-order valence-electron chi connectivity index (χ1n) is 4.45. The number of rotatable bonds is 4. The Morgan fingerprint density at radius 3 is 2.71 bits per heavy atom. The van der Waals surface area contributed by atoms with E-state index in [4.69, 9.17) is 0 Å². The van der Waals surface area contributed by atoms with Gasteiger partial charge in [-0.1, -0.05) is 35.5 Å². The summed E-state index contributed by atoms with van der Waals surface area (Å²) in [6.45, 7) is 1.45. The quantitative estimate of drug-likeness (QED) is 0.789. The fraction of sp³-hybridized carbons (Fsp3) is 0.200. The van der Waals surface area contributed by atoms with Gasteiger partial charge in [0.2, 0.25) is 6.39 Å². The third kappa shape index (κ3) is 2.40. The maximum absolute atomic E-state index is 4.62. The molecule has 2 aromatic rings. The first kappa shape index (κ1) is 8.90. The summed E-state index contributed by atoms with van der Waals surface area (Å²) in [5.41, 5.74) is 1.25. The van der Waals surface area contributed by atoms with Crippen molar-refractivity contribution in [3.63, 3.8) is 0 Å². The Hall–Kier alpha value is -1.68. The average Bonchev–Trinajstić information content (AvgIpc) is 2.72. The third-order valence-corrected chi connectivity index (χ3v) is 1.86. The molecule has 0 bridgehead atoms. The summed E-state index contributed by atoms with van der Waals surface area (Å²) in [6, 6.07) is 10.2. The lowest BCUT2D eigenvalue weighted by Crippen LogP contribution is -2.13. The molecule has 0 atom stereocenters. The van der Waals surface area contributed by atoms with Crippen LogP contribution in [0.1, 0.15) is 11.4 Å². The van der Waals surface area contributed by atoms with Crippen LogP contribution in [0.2, 0.25) is 0 Å². The van der Waals surface area contributed by atoms with E-state index in [0.717, 1.165) is 6.54 Å². The van der Waals surface area contributed by atoms with Crippen LogP contribution in [0, 0.1) is 0 Å². The van der Waals surface area contributed by atoms with Gasteiger partial charge in [-0.05, 0) is 5.56 Å². The summed E-state index contributed by atoms with van der Waals surface area (Å²) in [7, 11) is 0. The predicted octanol–water partition coefficient (Wildman–Crippen LogP) is 1.36. The van der Waals surface area contributed by atoms with Gasteiger partial charge in [0.1, 0.15) is 0 Å². The number of hydrogen-bond acceptors (Lipinski definition) is 4. The van der Waals surface area contributed by atoms with Gasteiger partial charge >= 0.3 is 0 Å². The molecule has 0 aliphatic carbocycles. The molecule has 4 nitrogen and oxygen atoms in total. The lowest BCUT2D eigenvalue weighted by Gasteiger charge is -2.00. The highest BCUT2D eigenvalue weighted by molar-refractivity contribution is 5.14. The van der Waals surface area contributed by atoms with E-state index >= 15 is 0 Å². The molecule has 14 heavy (non-hydrogen) atoms. The molecular formula is C10H11N3O. The highest BCUT2D eigenvalue weighted by atomic mass is 16.5. The molecule has 1 aromatic carbocycles. The molecule has 0 spiro atoms. The standard InChI is InChI=1S/C10H11N3O/c1-2-4-9(5-3-1)6-11-7-10-12-8-14-13-10/h1-5,8,11H,6-7H2. The second-order valence-corrected chi connectivity index (χ2v) is 2.94. The third-order valence-electron chi connectivity index (χ3n) is 1.86. The summed E-state index contributed by atoms with van der Waals surface area (Å²) >= 11 is 0.